The summed E-state index contributed by atoms with van der Waals surface area (Å²) in [7, 11) is 0. The van der Waals surface area contributed by atoms with Gasteiger partial charge in [-0.2, -0.15) is 0 Å². The fourth-order valence-electron chi connectivity index (χ4n) is 8.00. The average molecular weight is 1050 g/mol. The number of aromatic amines is 1. The van der Waals surface area contributed by atoms with Crippen molar-refractivity contribution >= 4 is 70.9 Å². The van der Waals surface area contributed by atoms with Crippen molar-refractivity contribution in [3.63, 3.8) is 0 Å². The Hall–Kier alpha value is -7.19. The van der Waals surface area contributed by atoms with Crippen LogP contribution in [0.1, 0.15) is 125 Å². The molecule has 0 saturated carbocycles. The molecule has 1 aliphatic rings. The predicted octanol–water partition coefficient (Wildman–Crippen LogP) is -3.30. The van der Waals surface area contributed by atoms with Crippen LogP contribution in [-0.4, -0.2) is 152 Å². The number of carboxylic acid groups (broad SMARTS) is 1. The molecule has 1 aromatic heterocycles. The molecule has 0 spiro atoms. The molecule has 2 heterocycles. The number of nitrogens with zero attached hydrogens (tertiary/aromatic N) is 2. The minimum absolute atomic E-state index is 0.0525. The Kier molecular flexibility index (Phi) is 26.2. The topological polar surface area (TPSA) is 445 Å². The monoisotopic (exact) mass is 1050 g/mol. The van der Waals surface area contributed by atoms with Crippen molar-refractivity contribution in [3.8, 4) is 0 Å². The summed E-state index contributed by atoms with van der Waals surface area (Å²) in [5.41, 5.74) is 22.5. The highest BCUT2D eigenvalue weighted by atomic mass is 16.4. The Bertz CT molecular complexity index is 2140. The number of nitrogens with one attached hydrogen (secondary N) is 8. The normalized spacial score (nSPS) is 16.9. The van der Waals surface area contributed by atoms with Gasteiger partial charge in [0.05, 0.1) is 18.1 Å². The number of rotatable bonds is 33. The van der Waals surface area contributed by atoms with Crippen molar-refractivity contribution < 1.29 is 62.6 Å². The summed E-state index contributed by atoms with van der Waals surface area (Å²) in [5, 5.41) is 27.3. The number of carbonyl (C=O) groups is 12. The summed E-state index contributed by atoms with van der Waals surface area (Å²) < 4.78 is 0. The van der Waals surface area contributed by atoms with E-state index in [1.54, 1.807) is 27.7 Å². The maximum Gasteiger partial charge on any atom is 0.326 e. The number of H-pyrrole nitrogens is 1. The Morgan fingerprint density at radius 1 is 0.649 bits per heavy atom. The molecule has 1 saturated heterocycles. The Balaban J connectivity index is 2.37. The number of aliphatic carboxylic acids is 1. The van der Waals surface area contributed by atoms with Crippen LogP contribution in [0.3, 0.4) is 0 Å². The van der Waals surface area contributed by atoms with Crippen LogP contribution in [0.5, 0.6) is 0 Å². The molecule has 414 valence electrons. The van der Waals surface area contributed by atoms with Crippen molar-refractivity contribution in [1.82, 2.24) is 52.1 Å². The van der Waals surface area contributed by atoms with Crippen molar-refractivity contribution in [1.29, 1.82) is 0 Å². The van der Waals surface area contributed by atoms with Gasteiger partial charge < -0.3 is 75.1 Å². The van der Waals surface area contributed by atoms with Crippen molar-refractivity contribution in [2.75, 3.05) is 6.54 Å². The fraction of sp³-hybridized carbons (Fsp3) is 0.681. The summed E-state index contributed by atoms with van der Waals surface area (Å²) in [6.45, 7) is 11.9. The van der Waals surface area contributed by atoms with Gasteiger partial charge in [0.25, 0.3) is 0 Å². The van der Waals surface area contributed by atoms with Gasteiger partial charge in [-0.15, -0.1) is 0 Å². The molecule has 11 amide bonds. The summed E-state index contributed by atoms with van der Waals surface area (Å²) >= 11 is 0. The number of nitrogens with two attached hydrogens (primary N) is 4. The molecule has 17 N–H and O–H groups in total. The van der Waals surface area contributed by atoms with E-state index in [2.05, 4.69) is 47.2 Å². The number of primary amides is 3. The Morgan fingerprint density at radius 2 is 1.15 bits per heavy atom. The smallest absolute Gasteiger partial charge is 0.326 e. The molecule has 0 unspecified atom stereocenters. The van der Waals surface area contributed by atoms with Crippen LogP contribution in [0.25, 0.3) is 0 Å². The number of hydrogen-bond donors (Lipinski definition) is 13. The number of hydrogen-bond acceptors (Lipinski definition) is 14. The summed E-state index contributed by atoms with van der Waals surface area (Å²) in [6, 6.07) is -11.9. The molecular weight excluding hydrogens is 969 g/mol. The zero-order valence-electron chi connectivity index (χ0n) is 43.3. The molecule has 1 aliphatic heterocycles. The average Bonchev–Trinajstić information content (AvgIpc) is 4.03. The highest BCUT2D eigenvalue weighted by molar-refractivity contribution is 5.98. The Morgan fingerprint density at radius 3 is 1.65 bits per heavy atom. The number of likely N-dealkylation sites (tertiary alicyclic amines) is 1. The molecule has 27 nitrogen and oxygen atoms in total. The van der Waals surface area contributed by atoms with Crippen molar-refractivity contribution in [2.45, 2.75) is 180 Å². The maximum atomic E-state index is 14.3. The second-order valence-electron chi connectivity index (χ2n) is 19.6. The van der Waals surface area contributed by atoms with Crippen LogP contribution in [-0.2, 0) is 64.0 Å². The van der Waals surface area contributed by atoms with Gasteiger partial charge in [0, 0.05) is 38.4 Å². The second-order valence-corrected chi connectivity index (χ2v) is 19.6. The molecule has 0 aliphatic carbocycles. The third-order valence-corrected chi connectivity index (χ3v) is 12.3. The SMILES string of the molecule is CC[C@H](C)[C@H](NC(=O)[C@H](CCC(N)=O)NC(=O)[C@H](Cc1c[nH]cn1)NC(=O)[C@@H]1CCCN1C(=O)[C@H](CCC(N)=O)NC(=O)[C@@H](N)CC(C)C)C(=O)N[C@@H](C)C(=O)N[C@@H](CCC(N)=O)C(=O)N[C@@H](CC(C)C)C(=O)O. The lowest BCUT2D eigenvalue weighted by Gasteiger charge is -2.31. The molecule has 0 radical (unpaired) electrons. The lowest BCUT2D eigenvalue weighted by molar-refractivity contribution is -0.143. The number of aromatic nitrogens is 2. The first-order valence-corrected chi connectivity index (χ1v) is 24.9. The summed E-state index contributed by atoms with van der Waals surface area (Å²) in [5.74, 6) is -11.0. The van der Waals surface area contributed by atoms with Gasteiger partial charge in [0.1, 0.15) is 48.3 Å². The van der Waals surface area contributed by atoms with Crippen LogP contribution >= 0.6 is 0 Å². The molecule has 0 bridgehead atoms. The quantitative estimate of drug-likeness (QED) is 0.0328. The van der Waals surface area contributed by atoms with E-state index in [1.165, 1.54) is 24.3 Å². The van der Waals surface area contributed by atoms with E-state index in [4.69, 9.17) is 22.9 Å². The van der Waals surface area contributed by atoms with Crippen LogP contribution in [0.15, 0.2) is 12.5 Å². The molecular formula is C47H78N14O13. The Labute approximate surface area is 430 Å². The van der Waals surface area contributed by atoms with Crippen molar-refractivity contribution in [2.24, 2.45) is 40.7 Å². The molecule has 2 rings (SSSR count). The first-order valence-electron chi connectivity index (χ1n) is 24.9. The fourth-order valence-corrected chi connectivity index (χ4v) is 8.00. The van der Waals surface area contributed by atoms with E-state index in [0.29, 0.717) is 25.0 Å². The number of amides is 11. The zero-order valence-corrected chi connectivity index (χ0v) is 43.3. The van der Waals surface area contributed by atoms with Gasteiger partial charge in [-0.1, -0.05) is 48.0 Å². The van der Waals surface area contributed by atoms with Gasteiger partial charge in [-0.05, 0) is 69.6 Å². The van der Waals surface area contributed by atoms with Gasteiger partial charge in [-0.3, -0.25) is 52.7 Å². The zero-order chi connectivity index (χ0) is 56.0. The second kappa shape index (κ2) is 30.8. The highest BCUT2D eigenvalue weighted by Gasteiger charge is 2.40. The largest absolute Gasteiger partial charge is 0.480 e. The van der Waals surface area contributed by atoms with Crippen LogP contribution in [0, 0.1) is 17.8 Å². The molecule has 1 aromatic rings. The van der Waals surface area contributed by atoms with E-state index in [9.17, 15) is 62.6 Å². The molecule has 0 aromatic carbocycles. The standard InChI is InChI=1S/C47H78N14O13/c1-8-25(6)38(45(71)54-26(7)39(65)55-29(11-14-35(49)62)41(67)59-33(47(73)74)19-24(4)5)60-42(68)30(12-15-36(50)63)56-43(69)32(20-27-21-52-22-53-27)58-44(70)34-10-9-17-61(34)46(72)31(13-16-37(51)64)57-40(66)28(48)18-23(2)3/h21-26,28-34,38H,8-20,48H2,1-7H3,(H2,49,62)(H2,50,63)(H2,51,64)(H,52,53)(H,54,71)(H,55,65)(H,56,69)(H,57,66)(H,58,70)(H,59,67)(H,60,68)(H,73,74)/t25-,26-,28-,29-,30-,31-,32-,33-,34-,38-/m0/s1. The summed E-state index contributed by atoms with van der Waals surface area (Å²) in [4.78, 5) is 166. The van der Waals surface area contributed by atoms with Crippen LogP contribution in [0.4, 0.5) is 0 Å². The minimum Gasteiger partial charge on any atom is -0.480 e. The first-order chi connectivity index (χ1) is 34.6. The van der Waals surface area contributed by atoms with E-state index in [1.807, 2.05) is 13.8 Å². The number of carboxylic acids is 1. The van der Waals surface area contributed by atoms with Gasteiger partial charge >= 0.3 is 5.97 Å². The molecule has 74 heavy (non-hydrogen) atoms. The van der Waals surface area contributed by atoms with Gasteiger partial charge in [0.2, 0.25) is 65.0 Å². The molecule has 10 atom stereocenters. The predicted molar refractivity (Wildman–Crippen MR) is 265 cm³/mol. The lowest BCUT2D eigenvalue weighted by Crippen LogP contribution is -2.61. The lowest BCUT2D eigenvalue weighted by atomic mass is 9.97. The number of carbonyl (C=O) groups excluding carboxylic acids is 11. The highest BCUT2D eigenvalue weighted by Crippen LogP contribution is 2.21. The van der Waals surface area contributed by atoms with Crippen LogP contribution in [0.2, 0.25) is 0 Å². The number of imidazole rings is 1. The first kappa shape index (κ1) is 62.9. The minimum atomic E-state index is -1.55. The van der Waals surface area contributed by atoms with E-state index in [0.717, 1.165) is 0 Å². The third kappa shape index (κ3) is 21.5. The molecule has 27 heteroatoms. The van der Waals surface area contributed by atoms with E-state index in [-0.39, 0.29) is 69.7 Å². The van der Waals surface area contributed by atoms with Gasteiger partial charge in [0.15, 0.2) is 0 Å². The summed E-state index contributed by atoms with van der Waals surface area (Å²) in [6.07, 6.45) is 1.83. The van der Waals surface area contributed by atoms with E-state index >= 15 is 0 Å². The van der Waals surface area contributed by atoms with Crippen molar-refractivity contribution in [3.05, 3.63) is 18.2 Å². The van der Waals surface area contributed by atoms with Gasteiger partial charge in [-0.25, -0.2) is 9.78 Å². The third-order valence-electron chi connectivity index (χ3n) is 12.3. The maximum absolute atomic E-state index is 14.3. The molecule has 1 fully saturated rings. The van der Waals surface area contributed by atoms with Crippen LogP contribution < -0.4 is 60.2 Å². The van der Waals surface area contributed by atoms with E-state index < -0.39 is 138 Å².